The molecule has 6 heteroatoms. The second-order valence-corrected chi connectivity index (χ2v) is 5.23. The number of hydrogen-bond acceptors (Lipinski definition) is 4. The first-order valence-corrected chi connectivity index (χ1v) is 6.72. The summed E-state index contributed by atoms with van der Waals surface area (Å²) in [5.74, 6) is 0.473. The van der Waals surface area contributed by atoms with Crippen LogP contribution in [0.1, 0.15) is 24.3 Å². The van der Waals surface area contributed by atoms with Gasteiger partial charge in [0.05, 0.1) is 17.5 Å². The zero-order chi connectivity index (χ0) is 15.6. The molecule has 0 saturated carbocycles. The number of nitrogen functional groups attached to an aromatic ring is 1. The fraction of sp³-hybridized carbons (Fsp3) is 0.333. The van der Waals surface area contributed by atoms with Crippen LogP contribution in [0.15, 0.2) is 30.5 Å². The molecule has 112 valence electrons. The van der Waals surface area contributed by atoms with Crippen molar-refractivity contribution in [2.75, 3.05) is 19.8 Å². The van der Waals surface area contributed by atoms with Crippen molar-refractivity contribution >= 4 is 11.6 Å². The SMILES string of the molecule is CC(C)Oc1cc(-n2ccc(C(=O)N(C)C)n2)ccc1N. The average Bonchev–Trinajstić information content (AvgIpc) is 2.89. The van der Waals surface area contributed by atoms with Crippen molar-refractivity contribution in [2.24, 2.45) is 0 Å². The van der Waals surface area contributed by atoms with E-state index >= 15 is 0 Å². The molecule has 21 heavy (non-hydrogen) atoms. The van der Waals surface area contributed by atoms with Crippen LogP contribution in [0.4, 0.5) is 5.69 Å². The van der Waals surface area contributed by atoms with E-state index in [1.807, 2.05) is 26.0 Å². The molecule has 2 N–H and O–H groups in total. The maximum atomic E-state index is 11.9. The predicted molar refractivity (Wildman–Crippen MR) is 81.8 cm³/mol. The van der Waals surface area contributed by atoms with Gasteiger partial charge in [0.2, 0.25) is 0 Å². The third-order valence-corrected chi connectivity index (χ3v) is 2.84. The highest BCUT2D eigenvalue weighted by Gasteiger charge is 2.13. The van der Waals surface area contributed by atoms with Crippen LogP contribution in [0.2, 0.25) is 0 Å². The maximum absolute atomic E-state index is 11.9. The second-order valence-electron chi connectivity index (χ2n) is 5.23. The smallest absolute Gasteiger partial charge is 0.273 e. The van der Waals surface area contributed by atoms with Gasteiger partial charge in [0.15, 0.2) is 5.69 Å². The third kappa shape index (κ3) is 3.34. The van der Waals surface area contributed by atoms with Gasteiger partial charge in [0, 0.05) is 26.4 Å². The van der Waals surface area contributed by atoms with Crippen molar-refractivity contribution in [3.05, 3.63) is 36.2 Å². The highest BCUT2D eigenvalue weighted by Crippen LogP contribution is 2.25. The van der Waals surface area contributed by atoms with Crippen LogP contribution in [0.25, 0.3) is 5.69 Å². The Labute approximate surface area is 124 Å². The van der Waals surface area contributed by atoms with Crippen LogP contribution in [0, 0.1) is 0 Å². The number of anilines is 1. The highest BCUT2D eigenvalue weighted by atomic mass is 16.5. The molecule has 0 saturated heterocycles. The summed E-state index contributed by atoms with van der Waals surface area (Å²) >= 11 is 0. The standard InChI is InChI=1S/C15H20N4O2/c1-10(2)21-14-9-11(5-6-12(14)16)19-8-7-13(17-19)15(20)18(3)4/h5-10H,16H2,1-4H3. The van der Waals surface area contributed by atoms with Crippen molar-refractivity contribution in [1.29, 1.82) is 0 Å². The zero-order valence-electron chi connectivity index (χ0n) is 12.7. The summed E-state index contributed by atoms with van der Waals surface area (Å²) in [5.41, 5.74) is 7.65. The van der Waals surface area contributed by atoms with Crippen LogP contribution in [-0.4, -0.2) is 40.8 Å². The fourth-order valence-electron chi connectivity index (χ4n) is 1.83. The van der Waals surface area contributed by atoms with E-state index in [2.05, 4.69) is 5.10 Å². The quantitative estimate of drug-likeness (QED) is 0.873. The van der Waals surface area contributed by atoms with Crippen LogP contribution < -0.4 is 10.5 Å². The average molecular weight is 288 g/mol. The van der Waals surface area contributed by atoms with Crippen LogP contribution in [0.5, 0.6) is 5.75 Å². The molecule has 0 fully saturated rings. The maximum Gasteiger partial charge on any atom is 0.273 e. The molecule has 1 heterocycles. The Kier molecular flexibility index (Phi) is 4.16. The van der Waals surface area contributed by atoms with Gasteiger partial charge in [-0.25, -0.2) is 4.68 Å². The van der Waals surface area contributed by atoms with E-state index in [1.54, 1.807) is 37.1 Å². The van der Waals surface area contributed by atoms with Crippen LogP contribution in [0.3, 0.4) is 0 Å². The van der Waals surface area contributed by atoms with E-state index in [9.17, 15) is 4.79 Å². The fourth-order valence-corrected chi connectivity index (χ4v) is 1.83. The van der Waals surface area contributed by atoms with Gasteiger partial charge in [-0.1, -0.05) is 0 Å². The van der Waals surface area contributed by atoms with E-state index in [1.165, 1.54) is 4.90 Å². The van der Waals surface area contributed by atoms with E-state index in [-0.39, 0.29) is 12.0 Å². The Balaban J connectivity index is 2.32. The molecular formula is C15H20N4O2. The van der Waals surface area contributed by atoms with Crippen molar-refractivity contribution in [2.45, 2.75) is 20.0 Å². The summed E-state index contributed by atoms with van der Waals surface area (Å²) in [6, 6.07) is 7.09. The van der Waals surface area contributed by atoms with Gasteiger partial charge >= 0.3 is 0 Å². The van der Waals surface area contributed by atoms with Gasteiger partial charge in [0.1, 0.15) is 5.75 Å². The van der Waals surface area contributed by atoms with E-state index in [0.29, 0.717) is 17.1 Å². The lowest BCUT2D eigenvalue weighted by atomic mass is 10.2. The molecule has 0 aliphatic heterocycles. The van der Waals surface area contributed by atoms with Gasteiger partial charge in [-0.05, 0) is 32.0 Å². The van der Waals surface area contributed by atoms with Gasteiger partial charge in [-0.3, -0.25) is 4.79 Å². The number of benzene rings is 1. The number of aromatic nitrogens is 2. The summed E-state index contributed by atoms with van der Waals surface area (Å²) in [5, 5.41) is 4.28. The number of nitrogens with zero attached hydrogens (tertiary/aromatic N) is 3. The molecule has 0 unspecified atom stereocenters. The molecule has 0 atom stereocenters. The molecule has 1 aromatic heterocycles. The number of ether oxygens (including phenoxy) is 1. The molecule has 0 bridgehead atoms. The van der Waals surface area contributed by atoms with Crippen molar-refractivity contribution in [1.82, 2.24) is 14.7 Å². The molecule has 1 aromatic carbocycles. The summed E-state index contributed by atoms with van der Waals surface area (Å²) in [7, 11) is 3.39. The summed E-state index contributed by atoms with van der Waals surface area (Å²) in [6.07, 6.45) is 1.77. The molecule has 0 radical (unpaired) electrons. The first kappa shape index (κ1) is 14.9. The minimum atomic E-state index is -0.136. The molecular weight excluding hydrogens is 268 g/mol. The number of carbonyl (C=O) groups excluding carboxylic acids is 1. The Hall–Kier alpha value is -2.50. The number of amides is 1. The number of carbonyl (C=O) groups is 1. The van der Waals surface area contributed by atoms with Crippen LogP contribution >= 0.6 is 0 Å². The highest BCUT2D eigenvalue weighted by molar-refractivity contribution is 5.91. The van der Waals surface area contributed by atoms with Gasteiger partial charge < -0.3 is 15.4 Å². The second kappa shape index (κ2) is 5.87. The lowest BCUT2D eigenvalue weighted by molar-refractivity contribution is 0.0821. The Morgan fingerprint density at radius 2 is 2.05 bits per heavy atom. The van der Waals surface area contributed by atoms with Crippen molar-refractivity contribution in [3.8, 4) is 11.4 Å². The molecule has 0 spiro atoms. The zero-order valence-corrected chi connectivity index (χ0v) is 12.7. The lowest BCUT2D eigenvalue weighted by Gasteiger charge is -2.13. The third-order valence-electron chi connectivity index (χ3n) is 2.84. The minimum Gasteiger partial charge on any atom is -0.489 e. The number of nitrogens with two attached hydrogens (primary N) is 1. The molecule has 0 aliphatic rings. The van der Waals surface area contributed by atoms with Gasteiger partial charge in [-0.15, -0.1) is 0 Å². The summed E-state index contributed by atoms with van der Waals surface area (Å²) in [4.78, 5) is 13.4. The number of hydrogen-bond donors (Lipinski definition) is 1. The Morgan fingerprint density at radius 3 is 2.67 bits per heavy atom. The van der Waals surface area contributed by atoms with Gasteiger partial charge in [0.25, 0.3) is 5.91 Å². The largest absolute Gasteiger partial charge is 0.489 e. The van der Waals surface area contributed by atoms with E-state index in [4.69, 9.17) is 10.5 Å². The predicted octanol–water partition coefficient (Wildman–Crippen LogP) is 1.94. The topological polar surface area (TPSA) is 73.4 Å². The molecule has 2 aromatic rings. The molecule has 6 nitrogen and oxygen atoms in total. The molecule has 1 amide bonds. The van der Waals surface area contributed by atoms with Crippen molar-refractivity contribution in [3.63, 3.8) is 0 Å². The Morgan fingerprint density at radius 1 is 1.33 bits per heavy atom. The number of rotatable bonds is 4. The Bertz CT molecular complexity index is 647. The summed E-state index contributed by atoms with van der Waals surface area (Å²) < 4.78 is 7.29. The van der Waals surface area contributed by atoms with E-state index in [0.717, 1.165) is 5.69 Å². The lowest BCUT2D eigenvalue weighted by Crippen LogP contribution is -2.22. The van der Waals surface area contributed by atoms with Crippen molar-refractivity contribution < 1.29 is 9.53 Å². The first-order valence-electron chi connectivity index (χ1n) is 6.72. The van der Waals surface area contributed by atoms with Crippen LogP contribution in [-0.2, 0) is 0 Å². The monoisotopic (exact) mass is 288 g/mol. The summed E-state index contributed by atoms with van der Waals surface area (Å²) in [6.45, 7) is 3.88. The first-order chi connectivity index (χ1) is 9.88. The molecule has 0 aliphatic carbocycles. The normalized spacial score (nSPS) is 10.7. The minimum absolute atomic E-state index is 0.0334. The van der Waals surface area contributed by atoms with E-state index < -0.39 is 0 Å². The van der Waals surface area contributed by atoms with Gasteiger partial charge in [-0.2, -0.15) is 5.10 Å². The molecule has 2 rings (SSSR count).